The first-order chi connectivity index (χ1) is 16.2. The SMILES string of the molecule is Cc1ccc(Cl)cc1N(CC(=O)N(Cc1c(Cl)cccc1Cl)[C@@H](C)C(=O)NCC(C)C)S(C)(=O)=O. The summed E-state index contributed by atoms with van der Waals surface area (Å²) in [6.07, 6.45) is 1.01. The molecule has 0 saturated carbocycles. The lowest BCUT2D eigenvalue weighted by atomic mass is 10.1. The Bertz CT molecular complexity index is 1170. The number of nitrogens with one attached hydrogen (secondary N) is 1. The summed E-state index contributed by atoms with van der Waals surface area (Å²) in [6, 6.07) is 8.81. The fraction of sp³-hybridized carbons (Fsp3) is 0.417. The minimum absolute atomic E-state index is 0.0836. The maximum Gasteiger partial charge on any atom is 0.244 e. The summed E-state index contributed by atoms with van der Waals surface area (Å²) >= 11 is 18.8. The summed E-state index contributed by atoms with van der Waals surface area (Å²) in [5.41, 5.74) is 1.36. The third-order valence-electron chi connectivity index (χ3n) is 5.36. The highest BCUT2D eigenvalue weighted by Gasteiger charge is 2.31. The first kappa shape index (κ1) is 29.2. The number of aryl methyl sites for hydroxylation is 1. The predicted molar refractivity (Wildman–Crippen MR) is 143 cm³/mol. The Hall–Kier alpha value is -2.00. The van der Waals surface area contributed by atoms with Crippen LogP contribution in [0.15, 0.2) is 36.4 Å². The molecule has 2 amide bonds. The average Bonchev–Trinajstić information content (AvgIpc) is 2.76. The van der Waals surface area contributed by atoms with E-state index in [1.54, 1.807) is 44.2 Å². The van der Waals surface area contributed by atoms with E-state index < -0.39 is 28.5 Å². The number of hydrogen-bond donors (Lipinski definition) is 1. The van der Waals surface area contributed by atoms with E-state index in [9.17, 15) is 18.0 Å². The van der Waals surface area contributed by atoms with Crippen LogP contribution >= 0.6 is 34.8 Å². The number of hydrogen-bond acceptors (Lipinski definition) is 4. The molecule has 2 rings (SSSR count). The Kier molecular flexibility index (Phi) is 10.3. The third-order valence-corrected chi connectivity index (χ3v) is 7.43. The van der Waals surface area contributed by atoms with Crippen molar-refractivity contribution in [1.29, 1.82) is 0 Å². The van der Waals surface area contributed by atoms with E-state index in [4.69, 9.17) is 34.8 Å². The van der Waals surface area contributed by atoms with Crippen molar-refractivity contribution in [3.8, 4) is 0 Å². The van der Waals surface area contributed by atoms with Crippen LogP contribution in [0, 0.1) is 12.8 Å². The van der Waals surface area contributed by atoms with Gasteiger partial charge in [-0.15, -0.1) is 0 Å². The quantitative estimate of drug-likeness (QED) is 0.446. The number of halogens is 3. The third kappa shape index (κ3) is 8.00. The molecule has 0 aliphatic rings. The van der Waals surface area contributed by atoms with Crippen molar-refractivity contribution in [3.63, 3.8) is 0 Å². The van der Waals surface area contributed by atoms with Gasteiger partial charge in [-0.25, -0.2) is 8.42 Å². The lowest BCUT2D eigenvalue weighted by Crippen LogP contribution is -2.51. The topological polar surface area (TPSA) is 86.8 Å². The molecule has 0 saturated heterocycles. The molecule has 0 radical (unpaired) electrons. The summed E-state index contributed by atoms with van der Waals surface area (Å²) in [4.78, 5) is 27.8. The molecular weight excluding hydrogens is 533 g/mol. The molecule has 0 aromatic heterocycles. The molecule has 35 heavy (non-hydrogen) atoms. The number of anilines is 1. The van der Waals surface area contributed by atoms with Crippen LogP contribution in [0.4, 0.5) is 5.69 Å². The van der Waals surface area contributed by atoms with E-state index in [1.165, 1.54) is 11.0 Å². The van der Waals surface area contributed by atoms with Crippen molar-refractivity contribution in [2.75, 3.05) is 23.7 Å². The average molecular weight is 563 g/mol. The molecule has 0 fully saturated rings. The van der Waals surface area contributed by atoms with Crippen LogP contribution in [0.25, 0.3) is 0 Å². The van der Waals surface area contributed by atoms with Gasteiger partial charge in [0.05, 0.1) is 11.9 Å². The van der Waals surface area contributed by atoms with Crippen molar-refractivity contribution < 1.29 is 18.0 Å². The van der Waals surface area contributed by atoms with E-state index in [0.717, 1.165) is 10.6 Å². The fourth-order valence-corrected chi connectivity index (χ4v) is 4.92. The molecule has 0 heterocycles. The van der Waals surface area contributed by atoms with Crippen molar-refractivity contribution in [2.45, 2.75) is 40.3 Å². The van der Waals surface area contributed by atoms with Gasteiger partial charge in [-0.2, -0.15) is 0 Å². The van der Waals surface area contributed by atoms with Gasteiger partial charge in [-0.3, -0.25) is 13.9 Å². The van der Waals surface area contributed by atoms with E-state index in [2.05, 4.69) is 5.32 Å². The van der Waals surface area contributed by atoms with Gasteiger partial charge in [0, 0.05) is 33.7 Å². The molecule has 192 valence electrons. The van der Waals surface area contributed by atoms with Crippen molar-refractivity contribution in [1.82, 2.24) is 10.2 Å². The van der Waals surface area contributed by atoms with Crippen LogP contribution < -0.4 is 9.62 Å². The standard InChI is InChI=1S/C24H30Cl3N3O4S/c1-15(2)12-28-24(32)17(4)29(13-19-20(26)7-6-8-21(19)27)23(31)14-30(35(5,33)34)22-11-18(25)10-9-16(22)3/h6-11,15,17H,12-14H2,1-5H3,(H,28,32)/t17-/m0/s1. The molecule has 2 aromatic carbocycles. The zero-order valence-electron chi connectivity index (χ0n) is 20.3. The molecular formula is C24H30Cl3N3O4S. The number of carbonyl (C=O) groups excluding carboxylic acids is 2. The highest BCUT2D eigenvalue weighted by atomic mass is 35.5. The van der Waals surface area contributed by atoms with E-state index in [1.807, 2.05) is 13.8 Å². The molecule has 7 nitrogen and oxygen atoms in total. The van der Waals surface area contributed by atoms with Crippen molar-refractivity contribution >= 4 is 62.3 Å². The molecule has 0 aliphatic carbocycles. The van der Waals surface area contributed by atoms with Crippen LogP contribution in [0.2, 0.25) is 15.1 Å². The number of amides is 2. The smallest absolute Gasteiger partial charge is 0.244 e. The Labute approximate surface area is 222 Å². The van der Waals surface area contributed by atoms with Gasteiger partial charge in [-0.1, -0.05) is 60.8 Å². The van der Waals surface area contributed by atoms with E-state index in [-0.39, 0.29) is 24.1 Å². The highest BCUT2D eigenvalue weighted by molar-refractivity contribution is 7.92. The number of sulfonamides is 1. The molecule has 1 atom stereocenters. The molecule has 0 bridgehead atoms. The van der Waals surface area contributed by atoms with Gasteiger partial charge >= 0.3 is 0 Å². The summed E-state index contributed by atoms with van der Waals surface area (Å²) < 4.78 is 26.4. The van der Waals surface area contributed by atoms with Gasteiger partial charge in [-0.05, 0) is 49.6 Å². The predicted octanol–water partition coefficient (Wildman–Crippen LogP) is 4.91. The maximum absolute atomic E-state index is 13.6. The molecule has 1 N–H and O–H groups in total. The zero-order chi connectivity index (χ0) is 26.5. The molecule has 0 unspecified atom stereocenters. The number of carbonyl (C=O) groups is 2. The number of nitrogens with zero attached hydrogens (tertiary/aromatic N) is 2. The van der Waals surface area contributed by atoms with Crippen LogP contribution in [-0.2, 0) is 26.2 Å². The first-order valence-electron chi connectivity index (χ1n) is 11.0. The first-order valence-corrected chi connectivity index (χ1v) is 13.9. The normalized spacial score (nSPS) is 12.4. The van der Waals surface area contributed by atoms with E-state index >= 15 is 0 Å². The zero-order valence-corrected chi connectivity index (χ0v) is 23.4. The highest BCUT2D eigenvalue weighted by Crippen LogP contribution is 2.29. The van der Waals surface area contributed by atoms with Crippen LogP contribution in [0.1, 0.15) is 31.9 Å². The number of rotatable bonds is 10. The number of benzene rings is 2. The molecule has 0 spiro atoms. The Morgan fingerprint density at radius 1 is 1.03 bits per heavy atom. The van der Waals surface area contributed by atoms with Gasteiger partial charge in [0.15, 0.2) is 0 Å². The van der Waals surface area contributed by atoms with Gasteiger partial charge < -0.3 is 10.2 Å². The van der Waals surface area contributed by atoms with Gasteiger partial charge in [0.25, 0.3) is 0 Å². The lowest BCUT2D eigenvalue weighted by Gasteiger charge is -2.32. The van der Waals surface area contributed by atoms with Crippen molar-refractivity contribution in [2.24, 2.45) is 5.92 Å². The van der Waals surface area contributed by atoms with E-state index in [0.29, 0.717) is 32.7 Å². The largest absolute Gasteiger partial charge is 0.354 e. The van der Waals surface area contributed by atoms with Crippen LogP contribution in [0.5, 0.6) is 0 Å². The van der Waals surface area contributed by atoms with Gasteiger partial charge in [0.2, 0.25) is 21.8 Å². The second-order valence-corrected chi connectivity index (χ2v) is 11.9. The van der Waals surface area contributed by atoms with Crippen molar-refractivity contribution in [3.05, 3.63) is 62.6 Å². The summed E-state index contributed by atoms with van der Waals surface area (Å²) in [7, 11) is -3.87. The second kappa shape index (κ2) is 12.3. The summed E-state index contributed by atoms with van der Waals surface area (Å²) in [6.45, 7) is 7.01. The minimum atomic E-state index is -3.87. The van der Waals surface area contributed by atoms with Gasteiger partial charge in [0.1, 0.15) is 12.6 Å². The Morgan fingerprint density at radius 2 is 1.63 bits per heavy atom. The van der Waals surface area contributed by atoms with Crippen LogP contribution in [-0.4, -0.2) is 50.5 Å². The second-order valence-electron chi connectivity index (χ2n) is 8.74. The molecule has 0 aliphatic heterocycles. The Balaban J connectivity index is 2.47. The fourth-order valence-electron chi connectivity index (χ4n) is 3.33. The monoisotopic (exact) mass is 561 g/mol. The molecule has 2 aromatic rings. The summed E-state index contributed by atoms with van der Waals surface area (Å²) in [5, 5.41) is 3.80. The lowest BCUT2D eigenvalue weighted by molar-refractivity contribution is -0.139. The maximum atomic E-state index is 13.6. The molecule has 11 heteroatoms. The Morgan fingerprint density at radius 3 is 2.17 bits per heavy atom. The summed E-state index contributed by atoms with van der Waals surface area (Å²) in [5.74, 6) is -0.766. The van der Waals surface area contributed by atoms with Crippen LogP contribution in [0.3, 0.4) is 0 Å². The minimum Gasteiger partial charge on any atom is -0.354 e.